The zero-order valence-electron chi connectivity index (χ0n) is 10.8. The maximum atomic E-state index is 5.41. The van der Waals surface area contributed by atoms with E-state index in [1.165, 1.54) is 22.0 Å². The first-order valence-corrected chi connectivity index (χ1v) is 7.31. The van der Waals surface area contributed by atoms with Crippen LogP contribution in [0.25, 0.3) is 0 Å². The van der Waals surface area contributed by atoms with E-state index in [-0.39, 0.29) is 0 Å². The molecule has 1 aliphatic heterocycles. The third-order valence-corrected chi connectivity index (χ3v) is 4.69. The van der Waals surface area contributed by atoms with Gasteiger partial charge < -0.3 is 10.1 Å². The van der Waals surface area contributed by atoms with Crippen molar-refractivity contribution in [3.05, 3.63) is 15.6 Å². The molecule has 1 saturated heterocycles. The van der Waals surface area contributed by atoms with Gasteiger partial charge in [-0.25, -0.2) is 4.98 Å². The molecule has 0 unspecified atom stereocenters. The Kier molecular flexibility index (Phi) is 4.95. The number of nitrogens with one attached hydrogen (secondary N) is 1. The van der Waals surface area contributed by atoms with Crippen molar-refractivity contribution in [1.29, 1.82) is 0 Å². The summed E-state index contributed by atoms with van der Waals surface area (Å²) in [5, 5.41) is 4.53. The van der Waals surface area contributed by atoms with E-state index in [4.69, 9.17) is 9.72 Å². The molecule has 0 aromatic carbocycles. The van der Waals surface area contributed by atoms with Gasteiger partial charge in [0.15, 0.2) is 0 Å². The molecule has 2 heterocycles. The van der Waals surface area contributed by atoms with Crippen molar-refractivity contribution in [3.8, 4) is 0 Å². The van der Waals surface area contributed by atoms with Crippen molar-refractivity contribution in [2.75, 3.05) is 26.8 Å². The van der Waals surface area contributed by atoms with Crippen molar-refractivity contribution >= 4 is 11.3 Å². The van der Waals surface area contributed by atoms with Crippen LogP contribution in [0.3, 0.4) is 0 Å². The highest BCUT2D eigenvalue weighted by Gasteiger charge is 2.20. The normalized spacial score (nSPS) is 17.5. The lowest BCUT2D eigenvalue weighted by Crippen LogP contribution is -2.13. The van der Waals surface area contributed by atoms with Crippen LogP contribution in [0.2, 0.25) is 0 Å². The lowest BCUT2D eigenvalue weighted by atomic mass is 10.0. The van der Waals surface area contributed by atoms with Crippen molar-refractivity contribution in [1.82, 2.24) is 10.3 Å². The second kappa shape index (κ2) is 6.47. The predicted molar refractivity (Wildman–Crippen MR) is 71.9 cm³/mol. The van der Waals surface area contributed by atoms with Gasteiger partial charge in [-0.15, -0.1) is 11.3 Å². The van der Waals surface area contributed by atoms with Gasteiger partial charge in [0.05, 0.1) is 10.7 Å². The zero-order valence-corrected chi connectivity index (χ0v) is 11.6. The standard InChI is InChI=1S/C13H22N2OS/c1-10-12(4-3-7-14-2)17-13(15-10)11-5-8-16-9-6-11/h11,14H,3-9H2,1-2H3. The van der Waals surface area contributed by atoms with E-state index in [2.05, 4.69) is 12.2 Å². The average Bonchev–Trinajstić information content (AvgIpc) is 2.73. The highest BCUT2D eigenvalue weighted by atomic mass is 32.1. The average molecular weight is 254 g/mol. The van der Waals surface area contributed by atoms with E-state index in [9.17, 15) is 0 Å². The number of thiazole rings is 1. The lowest BCUT2D eigenvalue weighted by molar-refractivity contribution is 0.0852. The molecule has 4 heteroatoms. The van der Waals surface area contributed by atoms with Gasteiger partial charge in [0.2, 0.25) is 0 Å². The molecule has 0 bridgehead atoms. The van der Waals surface area contributed by atoms with Gasteiger partial charge in [-0.05, 0) is 46.2 Å². The topological polar surface area (TPSA) is 34.1 Å². The monoisotopic (exact) mass is 254 g/mol. The Morgan fingerprint density at radius 3 is 2.88 bits per heavy atom. The highest BCUT2D eigenvalue weighted by molar-refractivity contribution is 7.11. The molecule has 1 N–H and O–H groups in total. The summed E-state index contributed by atoms with van der Waals surface area (Å²) < 4.78 is 5.41. The van der Waals surface area contributed by atoms with Crippen molar-refractivity contribution < 1.29 is 4.74 Å². The Balaban J connectivity index is 1.96. The minimum absolute atomic E-state index is 0.644. The molecule has 1 fully saturated rings. The molecule has 0 atom stereocenters. The van der Waals surface area contributed by atoms with Crippen molar-refractivity contribution in [2.45, 2.75) is 38.5 Å². The third kappa shape index (κ3) is 3.50. The van der Waals surface area contributed by atoms with Crippen molar-refractivity contribution in [2.24, 2.45) is 0 Å². The fourth-order valence-corrected chi connectivity index (χ4v) is 3.50. The number of aromatic nitrogens is 1. The molecular weight excluding hydrogens is 232 g/mol. The maximum Gasteiger partial charge on any atom is 0.0963 e. The predicted octanol–water partition coefficient (Wildman–Crippen LogP) is 2.50. The third-order valence-electron chi connectivity index (χ3n) is 3.31. The Morgan fingerprint density at radius 2 is 2.18 bits per heavy atom. The van der Waals surface area contributed by atoms with Crippen LogP contribution in [-0.4, -0.2) is 31.8 Å². The number of aryl methyl sites for hydroxylation is 2. The van der Waals surface area contributed by atoms with Crippen LogP contribution in [-0.2, 0) is 11.2 Å². The van der Waals surface area contributed by atoms with E-state index < -0.39 is 0 Å². The molecule has 17 heavy (non-hydrogen) atoms. The van der Waals surface area contributed by atoms with Crippen LogP contribution in [0.4, 0.5) is 0 Å². The minimum atomic E-state index is 0.644. The summed E-state index contributed by atoms with van der Waals surface area (Å²) >= 11 is 1.92. The SMILES string of the molecule is CNCCCc1sc(C2CCOCC2)nc1C. The molecular formula is C13H22N2OS. The summed E-state index contributed by atoms with van der Waals surface area (Å²) in [7, 11) is 2.01. The second-order valence-electron chi connectivity index (χ2n) is 4.65. The number of hydrogen-bond acceptors (Lipinski definition) is 4. The zero-order chi connectivity index (χ0) is 12.1. The van der Waals surface area contributed by atoms with Crippen LogP contribution in [0, 0.1) is 6.92 Å². The van der Waals surface area contributed by atoms with Crippen LogP contribution in [0.15, 0.2) is 0 Å². The van der Waals surface area contributed by atoms with Gasteiger partial charge in [0, 0.05) is 24.0 Å². The molecule has 1 aromatic heterocycles. The molecule has 1 aliphatic rings. The summed E-state index contributed by atoms with van der Waals surface area (Å²) in [4.78, 5) is 6.23. The first-order valence-electron chi connectivity index (χ1n) is 6.50. The summed E-state index contributed by atoms with van der Waals surface area (Å²) in [6.45, 7) is 5.04. The van der Waals surface area contributed by atoms with Gasteiger partial charge in [0.25, 0.3) is 0 Å². The van der Waals surface area contributed by atoms with Gasteiger partial charge in [0.1, 0.15) is 0 Å². The Labute approximate surface area is 108 Å². The maximum absolute atomic E-state index is 5.41. The van der Waals surface area contributed by atoms with Gasteiger partial charge in [-0.2, -0.15) is 0 Å². The Hall–Kier alpha value is -0.450. The van der Waals surface area contributed by atoms with E-state index in [1.807, 2.05) is 18.4 Å². The molecule has 0 aliphatic carbocycles. The summed E-state index contributed by atoms with van der Waals surface area (Å²) in [5.74, 6) is 0.644. The van der Waals surface area contributed by atoms with E-state index in [1.54, 1.807) is 0 Å². The van der Waals surface area contributed by atoms with E-state index >= 15 is 0 Å². The summed E-state index contributed by atoms with van der Waals surface area (Å²) in [6.07, 6.45) is 4.64. The van der Waals surface area contributed by atoms with E-state index in [0.717, 1.165) is 39.0 Å². The van der Waals surface area contributed by atoms with Gasteiger partial charge >= 0.3 is 0 Å². The largest absolute Gasteiger partial charge is 0.381 e. The summed E-state index contributed by atoms with van der Waals surface area (Å²) in [6, 6.07) is 0. The number of ether oxygens (including phenoxy) is 1. The number of rotatable bonds is 5. The molecule has 2 rings (SSSR count). The molecule has 1 aromatic rings. The first-order chi connectivity index (χ1) is 8.31. The Morgan fingerprint density at radius 1 is 1.41 bits per heavy atom. The van der Waals surface area contributed by atoms with Crippen molar-refractivity contribution in [3.63, 3.8) is 0 Å². The molecule has 0 saturated carbocycles. The van der Waals surface area contributed by atoms with Crippen LogP contribution in [0.5, 0.6) is 0 Å². The highest BCUT2D eigenvalue weighted by Crippen LogP contribution is 2.32. The fraction of sp³-hybridized carbons (Fsp3) is 0.769. The Bertz CT molecular complexity index is 345. The lowest BCUT2D eigenvalue weighted by Gasteiger charge is -2.19. The number of nitrogens with zero attached hydrogens (tertiary/aromatic N) is 1. The summed E-state index contributed by atoms with van der Waals surface area (Å²) in [5.41, 5.74) is 1.24. The minimum Gasteiger partial charge on any atom is -0.381 e. The van der Waals surface area contributed by atoms with E-state index in [0.29, 0.717) is 5.92 Å². The van der Waals surface area contributed by atoms with Crippen LogP contribution >= 0.6 is 11.3 Å². The molecule has 0 radical (unpaired) electrons. The molecule has 3 nitrogen and oxygen atoms in total. The molecule has 0 amide bonds. The van der Waals surface area contributed by atoms with Gasteiger partial charge in [-0.1, -0.05) is 0 Å². The van der Waals surface area contributed by atoms with Crippen LogP contribution in [0.1, 0.15) is 40.8 Å². The van der Waals surface area contributed by atoms with Gasteiger partial charge in [-0.3, -0.25) is 0 Å². The quantitative estimate of drug-likeness (QED) is 0.820. The molecule has 0 spiro atoms. The molecule has 96 valence electrons. The number of hydrogen-bond donors (Lipinski definition) is 1. The first kappa shape index (κ1) is 13.0. The fourth-order valence-electron chi connectivity index (χ4n) is 2.23. The smallest absolute Gasteiger partial charge is 0.0963 e. The van der Waals surface area contributed by atoms with Crippen LogP contribution < -0.4 is 5.32 Å². The second-order valence-corrected chi connectivity index (χ2v) is 5.77.